The van der Waals surface area contributed by atoms with E-state index < -0.39 is 0 Å². The first-order valence-electron chi connectivity index (χ1n) is 7.10. The van der Waals surface area contributed by atoms with Crippen LogP contribution < -0.4 is 0 Å². The third-order valence-corrected chi connectivity index (χ3v) is 4.36. The van der Waals surface area contributed by atoms with Crippen molar-refractivity contribution in [2.75, 3.05) is 39.4 Å². The highest BCUT2D eigenvalue weighted by Gasteiger charge is 2.26. The zero-order valence-corrected chi connectivity index (χ0v) is 12.0. The monoisotopic (exact) mass is 280 g/mol. The van der Waals surface area contributed by atoms with Gasteiger partial charge in [-0.1, -0.05) is 23.7 Å². The number of hydrogen-bond acceptors (Lipinski definition) is 3. The smallest absolute Gasteiger partial charge is 0.0622 e. The number of nitrogens with zero attached hydrogens (tertiary/aromatic N) is 2. The van der Waals surface area contributed by atoms with Gasteiger partial charge >= 0.3 is 0 Å². The van der Waals surface area contributed by atoms with Crippen molar-refractivity contribution in [3.63, 3.8) is 0 Å². The van der Waals surface area contributed by atoms with Crippen LogP contribution in [0.4, 0.5) is 0 Å². The van der Waals surface area contributed by atoms with Crippen molar-refractivity contribution < 1.29 is 4.74 Å². The lowest BCUT2D eigenvalue weighted by Crippen LogP contribution is -2.50. The maximum atomic E-state index is 6.03. The van der Waals surface area contributed by atoms with Crippen molar-refractivity contribution >= 4 is 11.6 Å². The molecule has 2 aliphatic rings. The molecule has 3 rings (SSSR count). The SMILES string of the molecule is Clc1cccc(CN2CCN([C@@H]3CCOC3)CC2)c1. The van der Waals surface area contributed by atoms with Crippen LogP contribution in [-0.2, 0) is 11.3 Å². The van der Waals surface area contributed by atoms with Crippen molar-refractivity contribution in [2.24, 2.45) is 0 Å². The molecule has 2 saturated heterocycles. The molecule has 0 amide bonds. The third kappa shape index (κ3) is 3.48. The van der Waals surface area contributed by atoms with Gasteiger partial charge in [0.1, 0.15) is 0 Å². The van der Waals surface area contributed by atoms with E-state index in [-0.39, 0.29) is 0 Å². The predicted molar refractivity (Wildman–Crippen MR) is 77.5 cm³/mol. The zero-order valence-electron chi connectivity index (χ0n) is 11.2. The van der Waals surface area contributed by atoms with Crippen molar-refractivity contribution in [1.29, 1.82) is 0 Å². The van der Waals surface area contributed by atoms with Gasteiger partial charge in [-0.2, -0.15) is 0 Å². The fraction of sp³-hybridized carbons (Fsp3) is 0.600. The second-order valence-electron chi connectivity index (χ2n) is 5.46. The van der Waals surface area contributed by atoms with Crippen molar-refractivity contribution in [3.8, 4) is 0 Å². The van der Waals surface area contributed by atoms with Crippen LogP contribution in [0.15, 0.2) is 24.3 Å². The highest BCUT2D eigenvalue weighted by Crippen LogP contribution is 2.17. The Morgan fingerprint density at radius 1 is 1.21 bits per heavy atom. The molecular weight excluding hydrogens is 260 g/mol. The maximum Gasteiger partial charge on any atom is 0.0622 e. The van der Waals surface area contributed by atoms with E-state index in [0.717, 1.165) is 51.0 Å². The van der Waals surface area contributed by atoms with Gasteiger partial charge in [-0.3, -0.25) is 9.80 Å². The van der Waals surface area contributed by atoms with Crippen LogP contribution in [0.1, 0.15) is 12.0 Å². The summed E-state index contributed by atoms with van der Waals surface area (Å²) in [5.41, 5.74) is 1.31. The van der Waals surface area contributed by atoms with Gasteiger partial charge in [0.2, 0.25) is 0 Å². The Labute approximate surface area is 120 Å². The van der Waals surface area contributed by atoms with E-state index in [1.165, 1.54) is 12.0 Å². The van der Waals surface area contributed by atoms with Gasteiger partial charge < -0.3 is 4.74 Å². The second kappa shape index (κ2) is 6.23. The van der Waals surface area contributed by atoms with E-state index in [4.69, 9.17) is 16.3 Å². The molecule has 4 heteroatoms. The highest BCUT2D eigenvalue weighted by molar-refractivity contribution is 6.30. The van der Waals surface area contributed by atoms with Crippen LogP contribution in [0.3, 0.4) is 0 Å². The molecule has 1 atom stereocenters. The molecule has 0 spiro atoms. The molecule has 0 radical (unpaired) electrons. The Balaban J connectivity index is 1.50. The van der Waals surface area contributed by atoms with Gasteiger partial charge in [0.05, 0.1) is 6.61 Å². The Morgan fingerprint density at radius 3 is 2.74 bits per heavy atom. The summed E-state index contributed by atoms with van der Waals surface area (Å²) in [4.78, 5) is 5.10. The van der Waals surface area contributed by atoms with E-state index in [2.05, 4.69) is 21.9 Å². The fourth-order valence-electron chi connectivity index (χ4n) is 2.99. The van der Waals surface area contributed by atoms with Crippen LogP contribution in [0.25, 0.3) is 0 Å². The Bertz CT molecular complexity index is 412. The van der Waals surface area contributed by atoms with Crippen LogP contribution in [-0.4, -0.2) is 55.2 Å². The van der Waals surface area contributed by atoms with Gasteiger partial charge in [-0.15, -0.1) is 0 Å². The lowest BCUT2D eigenvalue weighted by Gasteiger charge is -2.37. The minimum absolute atomic E-state index is 0.660. The summed E-state index contributed by atoms with van der Waals surface area (Å²) in [6.45, 7) is 7.48. The summed E-state index contributed by atoms with van der Waals surface area (Å²) in [5.74, 6) is 0. The summed E-state index contributed by atoms with van der Waals surface area (Å²) in [6, 6.07) is 8.85. The molecule has 0 unspecified atom stereocenters. The molecule has 1 aromatic carbocycles. The number of benzene rings is 1. The van der Waals surface area contributed by atoms with E-state index in [9.17, 15) is 0 Å². The van der Waals surface area contributed by atoms with Gasteiger partial charge in [0.25, 0.3) is 0 Å². The summed E-state index contributed by atoms with van der Waals surface area (Å²) in [6.07, 6.45) is 1.20. The standard InChI is InChI=1S/C15H21ClN2O/c16-14-3-1-2-13(10-14)11-17-5-7-18(8-6-17)15-4-9-19-12-15/h1-3,10,15H,4-9,11-12H2/t15-/m1/s1. The summed E-state index contributed by atoms with van der Waals surface area (Å²) in [5, 5.41) is 0.833. The van der Waals surface area contributed by atoms with Crippen LogP contribution >= 0.6 is 11.6 Å². The third-order valence-electron chi connectivity index (χ3n) is 4.12. The molecular formula is C15H21ClN2O. The zero-order chi connectivity index (χ0) is 13.1. The summed E-state index contributed by atoms with van der Waals surface area (Å²) in [7, 11) is 0. The molecule has 0 aliphatic carbocycles. The highest BCUT2D eigenvalue weighted by atomic mass is 35.5. The number of hydrogen-bond donors (Lipinski definition) is 0. The van der Waals surface area contributed by atoms with Gasteiger partial charge in [0.15, 0.2) is 0 Å². The Kier molecular flexibility index (Phi) is 4.38. The molecule has 0 bridgehead atoms. The van der Waals surface area contributed by atoms with E-state index in [0.29, 0.717) is 6.04 Å². The number of piperazine rings is 1. The molecule has 1 aromatic rings. The second-order valence-corrected chi connectivity index (χ2v) is 5.90. The van der Waals surface area contributed by atoms with Crippen LogP contribution in [0.2, 0.25) is 5.02 Å². The lowest BCUT2D eigenvalue weighted by atomic mass is 10.1. The average Bonchev–Trinajstić information content (AvgIpc) is 2.94. The first kappa shape index (κ1) is 13.4. The predicted octanol–water partition coefficient (Wildman–Crippen LogP) is 2.25. The van der Waals surface area contributed by atoms with Crippen molar-refractivity contribution in [3.05, 3.63) is 34.9 Å². The fourth-order valence-corrected chi connectivity index (χ4v) is 3.20. The van der Waals surface area contributed by atoms with Crippen molar-refractivity contribution in [1.82, 2.24) is 9.80 Å². The first-order chi connectivity index (χ1) is 9.31. The lowest BCUT2D eigenvalue weighted by molar-refractivity contribution is 0.0814. The average molecular weight is 281 g/mol. The number of ether oxygens (including phenoxy) is 1. The molecule has 2 heterocycles. The molecule has 19 heavy (non-hydrogen) atoms. The molecule has 0 saturated carbocycles. The van der Waals surface area contributed by atoms with Crippen LogP contribution in [0.5, 0.6) is 0 Å². The number of halogens is 1. The molecule has 0 aromatic heterocycles. The summed E-state index contributed by atoms with van der Waals surface area (Å²) < 4.78 is 5.48. The molecule has 2 aliphatic heterocycles. The van der Waals surface area contributed by atoms with E-state index in [1.807, 2.05) is 12.1 Å². The van der Waals surface area contributed by atoms with E-state index >= 15 is 0 Å². The molecule has 0 N–H and O–H groups in total. The Hall–Kier alpha value is -0.610. The topological polar surface area (TPSA) is 15.7 Å². The minimum Gasteiger partial charge on any atom is -0.380 e. The van der Waals surface area contributed by atoms with Gasteiger partial charge in [0, 0.05) is 50.4 Å². The van der Waals surface area contributed by atoms with Gasteiger partial charge in [-0.25, -0.2) is 0 Å². The minimum atomic E-state index is 0.660. The van der Waals surface area contributed by atoms with Crippen LogP contribution in [0, 0.1) is 0 Å². The summed E-state index contributed by atoms with van der Waals surface area (Å²) >= 11 is 6.03. The van der Waals surface area contributed by atoms with Crippen molar-refractivity contribution in [2.45, 2.75) is 19.0 Å². The van der Waals surface area contributed by atoms with E-state index in [1.54, 1.807) is 0 Å². The molecule has 104 valence electrons. The normalized spacial score (nSPS) is 25.8. The maximum absolute atomic E-state index is 6.03. The first-order valence-corrected chi connectivity index (χ1v) is 7.48. The quantitative estimate of drug-likeness (QED) is 0.845. The van der Waals surface area contributed by atoms with Gasteiger partial charge in [-0.05, 0) is 24.1 Å². The Morgan fingerprint density at radius 2 is 2.05 bits per heavy atom. The molecule has 3 nitrogen and oxygen atoms in total. The largest absolute Gasteiger partial charge is 0.380 e. The molecule has 2 fully saturated rings. The number of rotatable bonds is 3.